The first-order valence-electron chi connectivity index (χ1n) is 12.0. The molecule has 1 aliphatic heterocycles. The molecular weight excluding hydrogens is 454 g/mol. The van der Waals surface area contributed by atoms with Crippen molar-refractivity contribution in [3.8, 4) is 0 Å². The summed E-state index contributed by atoms with van der Waals surface area (Å²) in [6, 6.07) is 5.16. The molecule has 1 aromatic rings. The Morgan fingerprint density at radius 1 is 1.14 bits per heavy atom. The maximum absolute atomic E-state index is 13.4. The Hall–Kier alpha value is -3.02. The van der Waals surface area contributed by atoms with Gasteiger partial charge in [0.25, 0.3) is 0 Å². The fourth-order valence-corrected chi connectivity index (χ4v) is 4.13. The van der Waals surface area contributed by atoms with E-state index in [1.165, 1.54) is 11.8 Å². The van der Waals surface area contributed by atoms with Crippen LogP contribution in [0.1, 0.15) is 44.6 Å². The van der Waals surface area contributed by atoms with Crippen molar-refractivity contribution in [2.75, 3.05) is 13.1 Å². The summed E-state index contributed by atoms with van der Waals surface area (Å²) in [7, 11) is 0. The Kier molecular flexibility index (Phi) is 11.1. The number of rotatable bonds is 13. The Labute approximate surface area is 205 Å². The Morgan fingerprint density at radius 3 is 2.43 bits per heavy atom. The van der Waals surface area contributed by atoms with Gasteiger partial charge in [0.2, 0.25) is 17.7 Å². The van der Waals surface area contributed by atoms with Gasteiger partial charge in [0.15, 0.2) is 6.04 Å². The van der Waals surface area contributed by atoms with Gasteiger partial charge in [0.1, 0.15) is 12.1 Å². The van der Waals surface area contributed by atoms with Crippen LogP contribution in [-0.4, -0.2) is 82.2 Å². The summed E-state index contributed by atoms with van der Waals surface area (Å²) in [5, 5.41) is 24.0. The third-order valence-electron chi connectivity index (χ3n) is 6.08. The van der Waals surface area contributed by atoms with Gasteiger partial charge in [-0.05, 0) is 57.6 Å². The van der Waals surface area contributed by atoms with Crippen LogP contribution in [0.4, 0.5) is 0 Å². The predicted octanol–water partition coefficient (Wildman–Crippen LogP) is -0.889. The molecule has 0 bridgehead atoms. The van der Waals surface area contributed by atoms with E-state index in [1.54, 1.807) is 0 Å². The number of aliphatic hydroxyl groups is 1. The lowest BCUT2D eigenvalue weighted by Gasteiger charge is -2.30. The number of aliphatic carboxylic acids is 1. The number of aliphatic hydroxyl groups excluding tert-OH is 1. The van der Waals surface area contributed by atoms with Crippen molar-refractivity contribution in [1.82, 2.24) is 15.5 Å². The smallest absolute Gasteiger partial charge is 0.328 e. The lowest BCUT2D eigenvalue weighted by atomic mass is 10.0. The molecule has 5 atom stereocenters. The van der Waals surface area contributed by atoms with Gasteiger partial charge in [-0.2, -0.15) is 0 Å². The quantitative estimate of drug-likeness (QED) is 0.192. The third kappa shape index (κ3) is 8.30. The fourth-order valence-electron chi connectivity index (χ4n) is 4.13. The van der Waals surface area contributed by atoms with Crippen molar-refractivity contribution in [1.29, 1.82) is 0 Å². The van der Waals surface area contributed by atoms with E-state index in [0.717, 1.165) is 5.56 Å². The van der Waals surface area contributed by atoms with Crippen LogP contribution < -0.4 is 22.1 Å². The van der Waals surface area contributed by atoms with Gasteiger partial charge < -0.3 is 37.2 Å². The maximum atomic E-state index is 13.4. The number of nitrogens with one attached hydrogen (secondary N) is 2. The zero-order valence-electron chi connectivity index (χ0n) is 20.1. The van der Waals surface area contributed by atoms with Crippen LogP contribution in [0.2, 0.25) is 0 Å². The second-order valence-electron chi connectivity index (χ2n) is 8.90. The largest absolute Gasteiger partial charge is 0.480 e. The lowest BCUT2D eigenvalue weighted by molar-refractivity contribution is -0.147. The highest BCUT2D eigenvalue weighted by Gasteiger charge is 2.39. The van der Waals surface area contributed by atoms with Crippen LogP contribution in [-0.2, 0) is 25.6 Å². The molecule has 1 aromatic carbocycles. The maximum Gasteiger partial charge on any atom is 0.328 e. The van der Waals surface area contributed by atoms with Crippen molar-refractivity contribution >= 4 is 23.7 Å². The monoisotopic (exact) mass is 491 g/mol. The summed E-state index contributed by atoms with van der Waals surface area (Å²) >= 11 is 0. The van der Waals surface area contributed by atoms with E-state index in [0.29, 0.717) is 51.6 Å². The van der Waals surface area contributed by atoms with Crippen LogP contribution in [0.3, 0.4) is 0 Å². The molecule has 2 rings (SSSR count). The van der Waals surface area contributed by atoms with E-state index in [9.17, 15) is 29.4 Å². The molecule has 11 nitrogen and oxygen atoms in total. The molecule has 194 valence electrons. The number of carboxylic acids is 1. The molecule has 11 heteroatoms. The first-order valence-corrected chi connectivity index (χ1v) is 12.0. The van der Waals surface area contributed by atoms with Gasteiger partial charge in [0.05, 0.1) is 12.1 Å². The third-order valence-corrected chi connectivity index (χ3v) is 6.08. The number of unbranched alkanes of at least 4 members (excludes halogenated alkanes) is 1. The summed E-state index contributed by atoms with van der Waals surface area (Å²) in [5.41, 5.74) is 12.6. The van der Waals surface area contributed by atoms with E-state index in [1.807, 2.05) is 30.3 Å². The number of benzene rings is 1. The summed E-state index contributed by atoms with van der Waals surface area (Å²) in [5.74, 6) is -2.93. The van der Waals surface area contributed by atoms with Crippen molar-refractivity contribution in [3.63, 3.8) is 0 Å². The molecular formula is C24H37N5O6. The number of nitrogens with two attached hydrogens (primary N) is 2. The molecule has 1 fully saturated rings. The van der Waals surface area contributed by atoms with E-state index < -0.39 is 54.0 Å². The minimum atomic E-state index is -1.49. The number of amides is 3. The topological polar surface area (TPSA) is 188 Å². The van der Waals surface area contributed by atoms with E-state index in [-0.39, 0.29) is 0 Å². The number of hydrogen-bond donors (Lipinski definition) is 6. The molecule has 0 radical (unpaired) electrons. The zero-order valence-corrected chi connectivity index (χ0v) is 20.1. The molecule has 0 aromatic heterocycles. The highest BCUT2D eigenvalue weighted by molar-refractivity contribution is 5.94. The van der Waals surface area contributed by atoms with Gasteiger partial charge in [-0.1, -0.05) is 30.3 Å². The Balaban J connectivity index is 2.10. The number of carbonyl (C=O) groups is 4. The first-order chi connectivity index (χ1) is 16.6. The van der Waals surface area contributed by atoms with Gasteiger partial charge in [-0.3, -0.25) is 14.4 Å². The molecule has 5 unspecified atom stereocenters. The van der Waals surface area contributed by atoms with E-state index in [4.69, 9.17) is 11.5 Å². The fraction of sp³-hybridized carbons (Fsp3) is 0.583. The summed E-state index contributed by atoms with van der Waals surface area (Å²) in [6.07, 6.45) is 1.48. The highest BCUT2D eigenvalue weighted by Crippen LogP contribution is 2.20. The minimum absolute atomic E-state index is 0.294. The molecule has 1 aliphatic rings. The van der Waals surface area contributed by atoms with Crippen molar-refractivity contribution < 1.29 is 29.4 Å². The summed E-state index contributed by atoms with van der Waals surface area (Å²) in [6.45, 7) is 1.99. The van der Waals surface area contributed by atoms with Crippen molar-refractivity contribution in [3.05, 3.63) is 35.9 Å². The second kappa shape index (κ2) is 13.8. The SMILES string of the molecule is CC(O)C(NC(=O)C1CCCN1C(=O)C(CCCCN)NC(=O)C(N)Cc1ccccc1)C(=O)O. The number of carboxylic acid groups (broad SMARTS) is 1. The van der Waals surface area contributed by atoms with Crippen LogP contribution in [0.15, 0.2) is 30.3 Å². The first kappa shape index (κ1) is 28.2. The van der Waals surface area contributed by atoms with Crippen LogP contribution in [0.5, 0.6) is 0 Å². The van der Waals surface area contributed by atoms with Crippen LogP contribution >= 0.6 is 0 Å². The van der Waals surface area contributed by atoms with Crippen LogP contribution in [0, 0.1) is 0 Å². The molecule has 0 aliphatic carbocycles. The van der Waals surface area contributed by atoms with Crippen molar-refractivity contribution in [2.45, 2.75) is 75.7 Å². The van der Waals surface area contributed by atoms with Gasteiger partial charge in [-0.25, -0.2) is 4.79 Å². The van der Waals surface area contributed by atoms with E-state index >= 15 is 0 Å². The predicted molar refractivity (Wildman–Crippen MR) is 129 cm³/mol. The standard InChI is InChI=1S/C24H37N5O6/c1-15(30)20(24(34)35)28-22(32)19-11-7-13-29(19)23(33)18(10-5-6-12-25)27-21(31)17(26)14-16-8-3-2-4-9-16/h2-4,8-9,15,17-20,30H,5-7,10-14,25-26H2,1H3,(H,27,31)(H,28,32)(H,34,35). The number of nitrogens with zero attached hydrogens (tertiary/aromatic N) is 1. The zero-order chi connectivity index (χ0) is 26.0. The molecule has 1 saturated heterocycles. The Bertz CT molecular complexity index is 865. The average Bonchev–Trinajstić information content (AvgIpc) is 3.31. The summed E-state index contributed by atoms with van der Waals surface area (Å²) in [4.78, 5) is 51.7. The Morgan fingerprint density at radius 2 is 1.83 bits per heavy atom. The second-order valence-corrected chi connectivity index (χ2v) is 8.90. The minimum Gasteiger partial charge on any atom is -0.480 e. The number of hydrogen-bond acceptors (Lipinski definition) is 7. The number of likely N-dealkylation sites (tertiary alicyclic amines) is 1. The van der Waals surface area contributed by atoms with Gasteiger partial charge >= 0.3 is 5.97 Å². The van der Waals surface area contributed by atoms with Gasteiger partial charge in [-0.15, -0.1) is 0 Å². The highest BCUT2D eigenvalue weighted by atomic mass is 16.4. The van der Waals surface area contributed by atoms with Crippen LogP contribution in [0.25, 0.3) is 0 Å². The molecule has 0 saturated carbocycles. The molecule has 35 heavy (non-hydrogen) atoms. The molecule has 8 N–H and O–H groups in total. The van der Waals surface area contributed by atoms with E-state index in [2.05, 4.69) is 10.6 Å². The average molecular weight is 492 g/mol. The molecule has 1 heterocycles. The molecule has 0 spiro atoms. The lowest BCUT2D eigenvalue weighted by Crippen LogP contribution is -2.58. The normalized spacial score (nSPS) is 18.9. The number of carbonyl (C=O) groups excluding carboxylic acids is 3. The van der Waals surface area contributed by atoms with Crippen molar-refractivity contribution in [2.24, 2.45) is 11.5 Å². The molecule has 3 amide bonds. The van der Waals surface area contributed by atoms with Gasteiger partial charge in [0, 0.05) is 6.54 Å². The summed E-state index contributed by atoms with van der Waals surface area (Å²) < 4.78 is 0.